The van der Waals surface area contributed by atoms with Crippen LogP contribution in [0.25, 0.3) is 10.1 Å². The van der Waals surface area contributed by atoms with Crippen LogP contribution in [0.4, 0.5) is 10.1 Å². The molecule has 0 saturated heterocycles. The average Bonchev–Trinajstić information content (AvgIpc) is 2.87. The number of thiophene rings is 1. The quantitative estimate of drug-likeness (QED) is 0.781. The monoisotopic (exact) mass is 350 g/mol. The van der Waals surface area contributed by atoms with E-state index in [1.807, 2.05) is 19.1 Å². The minimum absolute atomic E-state index is 0.106. The maximum Gasteiger partial charge on any atom is 0.259 e. The van der Waals surface area contributed by atoms with Gasteiger partial charge in [-0.3, -0.25) is 9.59 Å². The van der Waals surface area contributed by atoms with Gasteiger partial charge in [-0.05, 0) is 37.3 Å². The van der Waals surface area contributed by atoms with Gasteiger partial charge >= 0.3 is 0 Å². The molecule has 1 aromatic carbocycles. The SMILES string of the molecule is Cc1cc2c(=O)n(CC(=O)Nc3ccc(F)cc3Cl)ccc2s1. The second-order valence-corrected chi connectivity index (χ2v) is 6.75. The molecule has 1 N–H and O–H groups in total. The molecule has 0 bridgehead atoms. The average molecular weight is 351 g/mol. The Morgan fingerprint density at radius 1 is 1.35 bits per heavy atom. The highest BCUT2D eigenvalue weighted by atomic mass is 35.5. The summed E-state index contributed by atoms with van der Waals surface area (Å²) in [6.07, 6.45) is 1.59. The molecule has 0 aliphatic carbocycles. The van der Waals surface area contributed by atoms with Crippen molar-refractivity contribution in [1.82, 2.24) is 4.57 Å². The summed E-state index contributed by atoms with van der Waals surface area (Å²) in [6.45, 7) is 1.79. The van der Waals surface area contributed by atoms with Gasteiger partial charge in [-0.15, -0.1) is 11.3 Å². The van der Waals surface area contributed by atoms with Gasteiger partial charge in [0.2, 0.25) is 5.91 Å². The number of halogens is 2. The van der Waals surface area contributed by atoms with Gasteiger partial charge < -0.3 is 9.88 Å². The van der Waals surface area contributed by atoms with Crippen LogP contribution < -0.4 is 10.9 Å². The molecule has 0 saturated carbocycles. The summed E-state index contributed by atoms with van der Waals surface area (Å²) < 4.78 is 15.2. The van der Waals surface area contributed by atoms with Crippen molar-refractivity contribution in [1.29, 1.82) is 0 Å². The lowest BCUT2D eigenvalue weighted by molar-refractivity contribution is -0.116. The van der Waals surface area contributed by atoms with Gasteiger partial charge in [0.1, 0.15) is 12.4 Å². The molecule has 4 nitrogen and oxygen atoms in total. The fourth-order valence-electron chi connectivity index (χ4n) is 2.26. The van der Waals surface area contributed by atoms with Crippen LogP contribution in [0.15, 0.2) is 41.3 Å². The van der Waals surface area contributed by atoms with Gasteiger partial charge in [-0.2, -0.15) is 0 Å². The summed E-state index contributed by atoms with van der Waals surface area (Å²) >= 11 is 7.40. The molecular weight excluding hydrogens is 339 g/mol. The van der Waals surface area contributed by atoms with Crippen LogP contribution in [0, 0.1) is 12.7 Å². The molecule has 3 aromatic rings. The van der Waals surface area contributed by atoms with Crippen LogP contribution >= 0.6 is 22.9 Å². The Bertz CT molecular complexity index is 964. The number of nitrogens with one attached hydrogen (secondary N) is 1. The first kappa shape index (κ1) is 15.7. The molecule has 0 unspecified atom stereocenters. The Hall–Kier alpha value is -2.18. The Balaban J connectivity index is 1.82. The van der Waals surface area contributed by atoms with Crippen molar-refractivity contribution >= 4 is 44.6 Å². The highest BCUT2D eigenvalue weighted by Gasteiger charge is 2.11. The Morgan fingerprint density at radius 3 is 2.87 bits per heavy atom. The molecule has 0 radical (unpaired) electrons. The number of benzene rings is 1. The van der Waals surface area contributed by atoms with Gasteiger partial charge in [-0.1, -0.05) is 11.6 Å². The predicted molar refractivity (Wildman–Crippen MR) is 90.9 cm³/mol. The Labute approximate surface area is 140 Å². The third-order valence-electron chi connectivity index (χ3n) is 3.30. The van der Waals surface area contributed by atoms with E-state index in [4.69, 9.17) is 11.6 Å². The summed E-state index contributed by atoms with van der Waals surface area (Å²) in [5.41, 5.74) is 0.0887. The number of aryl methyl sites for hydroxylation is 1. The minimum Gasteiger partial charge on any atom is -0.323 e. The number of carbonyl (C=O) groups is 1. The Morgan fingerprint density at radius 2 is 2.13 bits per heavy atom. The number of hydrogen-bond acceptors (Lipinski definition) is 3. The standard InChI is InChI=1S/C16H12ClFN2O2S/c1-9-6-11-14(23-9)4-5-20(16(11)22)8-15(21)19-13-3-2-10(18)7-12(13)17/h2-7H,8H2,1H3,(H,19,21). The molecule has 0 aliphatic rings. The zero-order valence-corrected chi connectivity index (χ0v) is 13.7. The molecular formula is C16H12ClFN2O2S. The van der Waals surface area contributed by atoms with Crippen molar-refractivity contribution in [2.75, 3.05) is 5.32 Å². The third kappa shape index (κ3) is 3.28. The highest BCUT2D eigenvalue weighted by Crippen LogP contribution is 2.23. The van der Waals surface area contributed by atoms with Crippen LogP contribution in [0.1, 0.15) is 4.88 Å². The Kier molecular flexibility index (Phi) is 4.19. The van der Waals surface area contributed by atoms with E-state index in [0.29, 0.717) is 11.1 Å². The van der Waals surface area contributed by atoms with Crippen molar-refractivity contribution in [3.63, 3.8) is 0 Å². The number of hydrogen-bond donors (Lipinski definition) is 1. The molecule has 0 fully saturated rings. The van der Waals surface area contributed by atoms with Gasteiger partial charge in [0.25, 0.3) is 5.56 Å². The van der Waals surface area contributed by atoms with Crippen molar-refractivity contribution in [3.05, 3.63) is 62.6 Å². The maximum absolute atomic E-state index is 13.0. The van der Waals surface area contributed by atoms with Crippen molar-refractivity contribution in [2.24, 2.45) is 0 Å². The van der Waals surface area contributed by atoms with Crippen molar-refractivity contribution in [3.8, 4) is 0 Å². The lowest BCUT2D eigenvalue weighted by Gasteiger charge is -2.09. The van der Waals surface area contributed by atoms with E-state index in [0.717, 1.165) is 15.6 Å². The number of amides is 1. The largest absolute Gasteiger partial charge is 0.323 e. The van der Waals surface area contributed by atoms with Crippen LogP contribution in [0.3, 0.4) is 0 Å². The van der Waals surface area contributed by atoms with Gasteiger partial charge in [-0.25, -0.2) is 4.39 Å². The summed E-state index contributed by atoms with van der Waals surface area (Å²) in [5.74, 6) is -0.894. The zero-order valence-electron chi connectivity index (χ0n) is 12.1. The fourth-order valence-corrected chi connectivity index (χ4v) is 3.39. The number of nitrogens with zero attached hydrogens (tertiary/aromatic N) is 1. The van der Waals surface area contributed by atoms with E-state index >= 15 is 0 Å². The molecule has 7 heteroatoms. The number of fused-ring (bicyclic) bond motifs is 1. The number of carbonyl (C=O) groups excluding carboxylic acids is 1. The first-order chi connectivity index (χ1) is 10.9. The first-order valence-corrected chi connectivity index (χ1v) is 7.98. The third-order valence-corrected chi connectivity index (χ3v) is 4.63. The van der Waals surface area contributed by atoms with E-state index in [1.165, 1.54) is 28.0 Å². The van der Waals surface area contributed by atoms with E-state index in [1.54, 1.807) is 6.20 Å². The predicted octanol–water partition coefficient (Wildman–Crippen LogP) is 3.80. The molecule has 0 aliphatic heterocycles. The zero-order chi connectivity index (χ0) is 16.6. The fraction of sp³-hybridized carbons (Fsp3) is 0.125. The molecule has 0 spiro atoms. The van der Waals surface area contributed by atoms with Gasteiger partial charge in [0.15, 0.2) is 0 Å². The second kappa shape index (κ2) is 6.14. The van der Waals surface area contributed by atoms with Gasteiger partial charge in [0, 0.05) is 15.8 Å². The molecule has 23 heavy (non-hydrogen) atoms. The normalized spacial score (nSPS) is 10.9. The van der Waals surface area contributed by atoms with Crippen molar-refractivity contribution < 1.29 is 9.18 Å². The van der Waals surface area contributed by atoms with Crippen LogP contribution in [0.2, 0.25) is 5.02 Å². The molecule has 2 heterocycles. The van der Waals surface area contributed by atoms with E-state index in [-0.39, 0.29) is 17.1 Å². The molecule has 0 atom stereocenters. The number of pyridine rings is 1. The lowest BCUT2D eigenvalue weighted by atomic mass is 10.3. The van der Waals surface area contributed by atoms with E-state index in [2.05, 4.69) is 5.32 Å². The van der Waals surface area contributed by atoms with Crippen LogP contribution in [-0.2, 0) is 11.3 Å². The summed E-state index contributed by atoms with van der Waals surface area (Å²) in [4.78, 5) is 25.5. The number of anilines is 1. The topological polar surface area (TPSA) is 51.1 Å². The first-order valence-electron chi connectivity index (χ1n) is 6.78. The summed E-state index contributed by atoms with van der Waals surface area (Å²) in [6, 6.07) is 7.32. The molecule has 1 amide bonds. The highest BCUT2D eigenvalue weighted by molar-refractivity contribution is 7.18. The van der Waals surface area contributed by atoms with Crippen LogP contribution in [-0.4, -0.2) is 10.5 Å². The number of rotatable bonds is 3. The van der Waals surface area contributed by atoms with E-state index in [9.17, 15) is 14.0 Å². The van der Waals surface area contributed by atoms with Crippen LogP contribution in [0.5, 0.6) is 0 Å². The molecule has 2 aromatic heterocycles. The minimum atomic E-state index is -0.484. The van der Waals surface area contributed by atoms with Gasteiger partial charge in [0.05, 0.1) is 16.1 Å². The number of aromatic nitrogens is 1. The second-order valence-electron chi connectivity index (χ2n) is 5.06. The summed E-state index contributed by atoms with van der Waals surface area (Å²) in [7, 11) is 0. The summed E-state index contributed by atoms with van der Waals surface area (Å²) in [5, 5.41) is 3.28. The lowest BCUT2D eigenvalue weighted by Crippen LogP contribution is -2.27. The molecule has 3 rings (SSSR count). The smallest absolute Gasteiger partial charge is 0.259 e. The van der Waals surface area contributed by atoms with Crippen molar-refractivity contribution in [2.45, 2.75) is 13.5 Å². The van der Waals surface area contributed by atoms with E-state index < -0.39 is 11.7 Å². The maximum atomic E-state index is 13.0. The molecule has 118 valence electrons.